The molecular formula is C15H12INO4. The molecule has 1 amide bonds. The Labute approximate surface area is 135 Å². The fourth-order valence-corrected chi connectivity index (χ4v) is 2.30. The van der Waals surface area contributed by atoms with E-state index in [-0.39, 0.29) is 22.8 Å². The average Bonchev–Trinajstić information content (AvgIpc) is 2.48. The van der Waals surface area contributed by atoms with Crippen molar-refractivity contribution < 1.29 is 19.8 Å². The largest absolute Gasteiger partial charge is 0.507 e. The van der Waals surface area contributed by atoms with Gasteiger partial charge in [0.1, 0.15) is 5.75 Å². The summed E-state index contributed by atoms with van der Waals surface area (Å²) < 4.78 is 0.836. The number of carboxylic acids is 1. The maximum atomic E-state index is 12.4. The summed E-state index contributed by atoms with van der Waals surface area (Å²) in [5, 5.41) is 18.6. The van der Waals surface area contributed by atoms with Crippen molar-refractivity contribution in [2.75, 3.05) is 11.9 Å². The molecular weight excluding hydrogens is 385 g/mol. The lowest BCUT2D eigenvalue weighted by atomic mass is 10.1. The molecule has 0 radical (unpaired) electrons. The number of carboxylic acid groups (broad SMARTS) is 1. The monoisotopic (exact) mass is 397 g/mol. The van der Waals surface area contributed by atoms with Gasteiger partial charge in [0.25, 0.3) is 5.91 Å². The third-order valence-corrected chi connectivity index (χ3v) is 3.67. The smallest absolute Gasteiger partial charge is 0.335 e. The number of rotatable bonds is 3. The third kappa shape index (κ3) is 3.33. The highest BCUT2D eigenvalue weighted by molar-refractivity contribution is 14.1. The summed E-state index contributed by atoms with van der Waals surface area (Å²) in [4.78, 5) is 24.5. The van der Waals surface area contributed by atoms with Gasteiger partial charge in [-0.2, -0.15) is 0 Å². The lowest BCUT2D eigenvalue weighted by Crippen LogP contribution is -2.26. The predicted octanol–water partition coefficient (Wildman–Crippen LogP) is 2.97. The van der Waals surface area contributed by atoms with Crippen LogP contribution in [0.2, 0.25) is 0 Å². The zero-order chi connectivity index (χ0) is 15.6. The number of nitrogens with zero attached hydrogens (tertiary/aromatic N) is 1. The summed E-state index contributed by atoms with van der Waals surface area (Å²) in [6.45, 7) is 0. The Balaban J connectivity index is 2.30. The van der Waals surface area contributed by atoms with Crippen LogP contribution in [-0.4, -0.2) is 29.1 Å². The molecule has 0 aliphatic carbocycles. The minimum atomic E-state index is -1.02. The van der Waals surface area contributed by atoms with E-state index in [9.17, 15) is 14.7 Å². The lowest BCUT2D eigenvalue weighted by molar-refractivity contribution is 0.0696. The molecule has 0 saturated carbocycles. The first-order chi connectivity index (χ1) is 9.90. The fraction of sp³-hybridized carbons (Fsp3) is 0.0667. The highest BCUT2D eigenvalue weighted by Gasteiger charge is 2.17. The minimum Gasteiger partial charge on any atom is -0.507 e. The van der Waals surface area contributed by atoms with Crippen molar-refractivity contribution in [3.8, 4) is 5.75 Å². The van der Waals surface area contributed by atoms with Gasteiger partial charge in [-0.1, -0.05) is 0 Å². The molecule has 0 aromatic heterocycles. The van der Waals surface area contributed by atoms with E-state index in [1.807, 2.05) is 0 Å². The van der Waals surface area contributed by atoms with Crippen LogP contribution < -0.4 is 4.90 Å². The van der Waals surface area contributed by atoms with Crippen LogP contribution >= 0.6 is 22.6 Å². The van der Waals surface area contributed by atoms with Crippen LogP contribution in [0.1, 0.15) is 20.7 Å². The SMILES string of the molecule is CN(C(=O)c1cc(I)ccc1O)c1ccc(C(=O)O)cc1. The predicted molar refractivity (Wildman–Crippen MR) is 87.0 cm³/mol. The molecule has 0 atom stereocenters. The second kappa shape index (κ2) is 6.13. The van der Waals surface area contributed by atoms with Crippen molar-refractivity contribution in [1.82, 2.24) is 0 Å². The van der Waals surface area contributed by atoms with Crippen LogP contribution in [0.5, 0.6) is 5.75 Å². The highest BCUT2D eigenvalue weighted by Crippen LogP contribution is 2.23. The first-order valence-electron chi connectivity index (χ1n) is 6.00. The van der Waals surface area contributed by atoms with E-state index in [0.717, 1.165) is 3.57 Å². The number of phenols is 1. The number of aromatic hydroxyl groups is 1. The first kappa shape index (κ1) is 15.3. The molecule has 0 aliphatic rings. The van der Waals surface area contributed by atoms with Crippen LogP contribution in [0.25, 0.3) is 0 Å². The number of anilines is 1. The molecule has 0 fully saturated rings. The molecule has 21 heavy (non-hydrogen) atoms. The Morgan fingerprint density at radius 2 is 1.71 bits per heavy atom. The van der Waals surface area contributed by atoms with Crippen molar-refractivity contribution in [1.29, 1.82) is 0 Å². The standard InChI is InChI=1S/C15H12INO4/c1-17(11-5-2-9(3-6-11)15(20)21)14(19)12-8-10(16)4-7-13(12)18/h2-8,18H,1H3,(H,20,21). The van der Waals surface area contributed by atoms with E-state index >= 15 is 0 Å². The number of amides is 1. The fourth-order valence-electron chi connectivity index (χ4n) is 1.81. The van der Waals surface area contributed by atoms with Gasteiger partial charge in [-0.15, -0.1) is 0 Å². The van der Waals surface area contributed by atoms with E-state index in [1.165, 1.54) is 23.1 Å². The molecule has 2 aromatic rings. The van der Waals surface area contributed by atoms with Crippen molar-refractivity contribution in [2.24, 2.45) is 0 Å². The van der Waals surface area contributed by atoms with Crippen LogP contribution in [0, 0.1) is 3.57 Å². The van der Waals surface area contributed by atoms with Gasteiger partial charge >= 0.3 is 5.97 Å². The molecule has 2 aromatic carbocycles. The summed E-state index contributed by atoms with van der Waals surface area (Å²) in [6.07, 6.45) is 0. The van der Waals surface area contributed by atoms with E-state index in [4.69, 9.17) is 5.11 Å². The Morgan fingerprint density at radius 3 is 2.29 bits per heavy atom. The zero-order valence-electron chi connectivity index (χ0n) is 11.1. The number of halogens is 1. The molecule has 0 bridgehead atoms. The second-order valence-electron chi connectivity index (χ2n) is 4.38. The van der Waals surface area contributed by atoms with E-state index in [0.29, 0.717) is 5.69 Å². The second-order valence-corrected chi connectivity index (χ2v) is 5.62. The normalized spacial score (nSPS) is 10.2. The number of benzene rings is 2. The van der Waals surface area contributed by atoms with Gasteiger partial charge < -0.3 is 15.1 Å². The van der Waals surface area contributed by atoms with Gasteiger partial charge in [0.05, 0.1) is 11.1 Å². The van der Waals surface area contributed by atoms with Gasteiger partial charge in [0.2, 0.25) is 0 Å². The molecule has 0 spiro atoms. The number of carbonyl (C=O) groups is 2. The molecule has 108 valence electrons. The van der Waals surface area contributed by atoms with E-state index < -0.39 is 5.97 Å². The quantitative estimate of drug-likeness (QED) is 0.781. The number of hydrogen-bond donors (Lipinski definition) is 2. The summed E-state index contributed by atoms with van der Waals surface area (Å²) in [5.41, 5.74) is 0.895. The Hall–Kier alpha value is -2.09. The summed E-state index contributed by atoms with van der Waals surface area (Å²) in [7, 11) is 1.57. The van der Waals surface area contributed by atoms with Crippen LogP contribution in [0.3, 0.4) is 0 Å². The van der Waals surface area contributed by atoms with E-state index in [2.05, 4.69) is 22.6 Å². The summed E-state index contributed by atoms with van der Waals surface area (Å²) >= 11 is 2.06. The van der Waals surface area contributed by atoms with Crippen LogP contribution in [-0.2, 0) is 0 Å². The van der Waals surface area contributed by atoms with Crippen molar-refractivity contribution in [3.63, 3.8) is 0 Å². The first-order valence-corrected chi connectivity index (χ1v) is 7.08. The van der Waals surface area contributed by atoms with Crippen LogP contribution in [0.4, 0.5) is 5.69 Å². The maximum Gasteiger partial charge on any atom is 0.335 e. The summed E-state index contributed by atoms with van der Waals surface area (Å²) in [6, 6.07) is 10.7. The number of carbonyl (C=O) groups excluding carboxylic acids is 1. The molecule has 5 nitrogen and oxygen atoms in total. The van der Waals surface area contributed by atoms with Crippen molar-refractivity contribution in [3.05, 3.63) is 57.2 Å². The Kier molecular flexibility index (Phi) is 4.46. The molecule has 2 N–H and O–H groups in total. The van der Waals surface area contributed by atoms with Gasteiger partial charge in [-0.05, 0) is 65.1 Å². The number of hydrogen-bond acceptors (Lipinski definition) is 3. The van der Waals surface area contributed by atoms with Crippen LogP contribution in [0.15, 0.2) is 42.5 Å². The van der Waals surface area contributed by atoms with Crippen molar-refractivity contribution in [2.45, 2.75) is 0 Å². The topological polar surface area (TPSA) is 77.8 Å². The Morgan fingerprint density at radius 1 is 1.10 bits per heavy atom. The van der Waals surface area contributed by atoms with Gasteiger partial charge in [0, 0.05) is 16.3 Å². The van der Waals surface area contributed by atoms with E-state index in [1.54, 1.807) is 31.3 Å². The number of aromatic carboxylic acids is 1. The maximum absolute atomic E-state index is 12.4. The third-order valence-electron chi connectivity index (χ3n) is 3.00. The Bertz CT molecular complexity index is 697. The molecule has 0 saturated heterocycles. The number of phenolic OH excluding ortho intramolecular Hbond substituents is 1. The molecule has 2 rings (SSSR count). The zero-order valence-corrected chi connectivity index (χ0v) is 13.2. The van der Waals surface area contributed by atoms with Gasteiger partial charge in [-0.25, -0.2) is 4.79 Å². The molecule has 6 heteroatoms. The van der Waals surface area contributed by atoms with Gasteiger partial charge in [-0.3, -0.25) is 4.79 Å². The molecule has 0 heterocycles. The molecule has 0 unspecified atom stereocenters. The van der Waals surface area contributed by atoms with Crippen molar-refractivity contribution >= 4 is 40.2 Å². The lowest BCUT2D eigenvalue weighted by Gasteiger charge is -2.18. The highest BCUT2D eigenvalue weighted by atomic mass is 127. The summed E-state index contributed by atoms with van der Waals surface area (Å²) in [5.74, 6) is -1.48. The minimum absolute atomic E-state index is 0.0885. The van der Waals surface area contributed by atoms with Gasteiger partial charge in [0.15, 0.2) is 0 Å². The average molecular weight is 397 g/mol. The molecule has 0 aliphatic heterocycles.